The van der Waals surface area contributed by atoms with E-state index in [2.05, 4.69) is 24.8 Å². The van der Waals surface area contributed by atoms with Crippen LogP contribution in [0.15, 0.2) is 18.2 Å². The van der Waals surface area contributed by atoms with E-state index < -0.39 is 0 Å². The molecule has 3 heteroatoms. The van der Waals surface area contributed by atoms with E-state index in [0.29, 0.717) is 6.54 Å². The van der Waals surface area contributed by atoms with Crippen LogP contribution < -0.4 is 10.6 Å². The van der Waals surface area contributed by atoms with E-state index in [-0.39, 0.29) is 0 Å². The highest BCUT2D eigenvalue weighted by Gasteiger charge is 2.10. The van der Waals surface area contributed by atoms with Crippen molar-refractivity contribution in [2.45, 2.75) is 26.8 Å². The standard InChI is InChI=1S/C12H19ClN2/c1-3-8-15(4-2)12-7-5-6-11(13)10(12)9-14/h5-7H,3-4,8-9,14H2,1-2H3. The summed E-state index contributed by atoms with van der Waals surface area (Å²) < 4.78 is 0. The number of hydrogen-bond acceptors (Lipinski definition) is 2. The lowest BCUT2D eigenvalue weighted by Crippen LogP contribution is -2.25. The summed E-state index contributed by atoms with van der Waals surface area (Å²) in [5, 5.41) is 0.768. The van der Waals surface area contributed by atoms with Crippen LogP contribution in [0.25, 0.3) is 0 Å². The first-order chi connectivity index (χ1) is 7.24. The van der Waals surface area contributed by atoms with Crippen molar-refractivity contribution in [1.82, 2.24) is 0 Å². The maximum absolute atomic E-state index is 6.12. The fraction of sp³-hybridized carbons (Fsp3) is 0.500. The molecule has 0 amide bonds. The minimum atomic E-state index is 0.495. The first-order valence-electron chi connectivity index (χ1n) is 5.47. The number of nitrogens with zero attached hydrogens (tertiary/aromatic N) is 1. The Hall–Kier alpha value is -0.730. The van der Waals surface area contributed by atoms with E-state index in [1.807, 2.05) is 12.1 Å². The quantitative estimate of drug-likeness (QED) is 0.836. The summed E-state index contributed by atoms with van der Waals surface area (Å²) >= 11 is 6.12. The van der Waals surface area contributed by atoms with Gasteiger partial charge in [0.2, 0.25) is 0 Å². The topological polar surface area (TPSA) is 29.3 Å². The van der Waals surface area contributed by atoms with Gasteiger partial charge in [0.1, 0.15) is 0 Å². The number of rotatable bonds is 5. The molecule has 0 heterocycles. The van der Waals surface area contributed by atoms with Crippen molar-refractivity contribution < 1.29 is 0 Å². The van der Waals surface area contributed by atoms with E-state index in [1.165, 1.54) is 5.69 Å². The minimum absolute atomic E-state index is 0.495. The highest BCUT2D eigenvalue weighted by molar-refractivity contribution is 6.31. The summed E-state index contributed by atoms with van der Waals surface area (Å²) in [5.41, 5.74) is 7.95. The highest BCUT2D eigenvalue weighted by Crippen LogP contribution is 2.27. The van der Waals surface area contributed by atoms with Crippen molar-refractivity contribution in [1.29, 1.82) is 0 Å². The van der Waals surface area contributed by atoms with E-state index in [0.717, 1.165) is 30.1 Å². The van der Waals surface area contributed by atoms with Gasteiger partial charge in [0.05, 0.1) is 0 Å². The first kappa shape index (κ1) is 12.3. The monoisotopic (exact) mass is 226 g/mol. The average Bonchev–Trinajstić information content (AvgIpc) is 2.25. The summed E-state index contributed by atoms with van der Waals surface area (Å²) in [5.74, 6) is 0. The summed E-state index contributed by atoms with van der Waals surface area (Å²) in [7, 11) is 0. The van der Waals surface area contributed by atoms with Crippen LogP contribution >= 0.6 is 11.6 Å². The van der Waals surface area contributed by atoms with Crippen LogP contribution in [0.5, 0.6) is 0 Å². The van der Waals surface area contributed by atoms with Gasteiger partial charge in [-0.2, -0.15) is 0 Å². The van der Waals surface area contributed by atoms with Gasteiger partial charge in [-0.25, -0.2) is 0 Å². The normalized spacial score (nSPS) is 10.4. The molecule has 0 unspecified atom stereocenters. The zero-order valence-corrected chi connectivity index (χ0v) is 10.2. The maximum atomic E-state index is 6.12. The molecule has 1 rings (SSSR count). The molecule has 2 N–H and O–H groups in total. The highest BCUT2D eigenvalue weighted by atomic mass is 35.5. The molecule has 1 aromatic carbocycles. The van der Waals surface area contributed by atoms with Crippen LogP contribution in [0, 0.1) is 0 Å². The second kappa shape index (κ2) is 5.99. The van der Waals surface area contributed by atoms with Crippen molar-refractivity contribution in [3.8, 4) is 0 Å². The van der Waals surface area contributed by atoms with Gasteiger partial charge in [0.25, 0.3) is 0 Å². The van der Waals surface area contributed by atoms with E-state index in [9.17, 15) is 0 Å². The molecule has 0 bridgehead atoms. The second-order valence-electron chi connectivity index (χ2n) is 3.52. The Morgan fingerprint density at radius 2 is 2.07 bits per heavy atom. The largest absolute Gasteiger partial charge is 0.372 e. The zero-order chi connectivity index (χ0) is 11.3. The molecule has 0 saturated carbocycles. The fourth-order valence-corrected chi connectivity index (χ4v) is 2.01. The summed E-state index contributed by atoms with van der Waals surface area (Å²) in [6.45, 7) is 6.85. The van der Waals surface area contributed by atoms with Crippen LogP contribution in [-0.4, -0.2) is 13.1 Å². The van der Waals surface area contributed by atoms with Gasteiger partial charge in [-0.05, 0) is 25.5 Å². The predicted molar refractivity (Wildman–Crippen MR) is 67.5 cm³/mol. The zero-order valence-electron chi connectivity index (χ0n) is 9.46. The molecule has 0 saturated heterocycles. The van der Waals surface area contributed by atoms with Gasteiger partial charge < -0.3 is 10.6 Å². The molecule has 0 radical (unpaired) electrons. The van der Waals surface area contributed by atoms with Gasteiger partial charge in [0.15, 0.2) is 0 Å². The summed E-state index contributed by atoms with van der Waals surface area (Å²) in [6.07, 6.45) is 1.13. The molecule has 0 spiro atoms. The molecule has 15 heavy (non-hydrogen) atoms. The molecule has 0 aliphatic heterocycles. The predicted octanol–water partition coefficient (Wildman–Crippen LogP) is 3.04. The number of benzene rings is 1. The van der Waals surface area contributed by atoms with E-state index in [1.54, 1.807) is 0 Å². The smallest absolute Gasteiger partial charge is 0.0471 e. The molecule has 1 aromatic rings. The van der Waals surface area contributed by atoms with Crippen LogP contribution in [0.4, 0.5) is 5.69 Å². The molecule has 0 atom stereocenters. The first-order valence-corrected chi connectivity index (χ1v) is 5.84. The average molecular weight is 227 g/mol. The second-order valence-corrected chi connectivity index (χ2v) is 3.93. The van der Waals surface area contributed by atoms with Crippen molar-refractivity contribution in [3.05, 3.63) is 28.8 Å². The number of halogens is 1. The third kappa shape index (κ3) is 2.86. The van der Waals surface area contributed by atoms with Gasteiger partial charge in [-0.1, -0.05) is 24.6 Å². The molecule has 84 valence electrons. The Kier molecular flexibility index (Phi) is 4.92. The molecular weight excluding hydrogens is 208 g/mol. The number of hydrogen-bond donors (Lipinski definition) is 1. The Bertz CT molecular complexity index is 312. The number of nitrogens with two attached hydrogens (primary N) is 1. The van der Waals surface area contributed by atoms with Crippen molar-refractivity contribution >= 4 is 17.3 Å². The molecular formula is C12H19ClN2. The van der Waals surface area contributed by atoms with Gasteiger partial charge in [-0.3, -0.25) is 0 Å². The summed E-state index contributed by atoms with van der Waals surface area (Å²) in [6, 6.07) is 5.97. The Balaban J connectivity index is 3.04. The molecule has 0 aliphatic rings. The maximum Gasteiger partial charge on any atom is 0.0471 e. The van der Waals surface area contributed by atoms with Crippen LogP contribution in [-0.2, 0) is 6.54 Å². The van der Waals surface area contributed by atoms with Gasteiger partial charge in [0, 0.05) is 35.9 Å². The third-order valence-electron chi connectivity index (χ3n) is 2.51. The lowest BCUT2D eigenvalue weighted by Gasteiger charge is -2.25. The summed E-state index contributed by atoms with van der Waals surface area (Å²) in [4.78, 5) is 2.31. The van der Waals surface area contributed by atoms with E-state index in [4.69, 9.17) is 17.3 Å². The SMILES string of the molecule is CCCN(CC)c1cccc(Cl)c1CN. The fourth-order valence-electron chi connectivity index (χ4n) is 1.76. The molecule has 0 aliphatic carbocycles. The molecule has 2 nitrogen and oxygen atoms in total. The number of anilines is 1. The Morgan fingerprint density at radius 1 is 1.33 bits per heavy atom. The molecule has 0 aromatic heterocycles. The van der Waals surface area contributed by atoms with Crippen LogP contribution in [0.3, 0.4) is 0 Å². The van der Waals surface area contributed by atoms with E-state index >= 15 is 0 Å². The lowest BCUT2D eigenvalue weighted by molar-refractivity contribution is 0.785. The van der Waals surface area contributed by atoms with Crippen LogP contribution in [0.1, 0.15) is 25.8 Å². The van der Waals surface area contributed by atoms with Gasteiger partial charge in [-0.15, -0.1) is 0 Å². The Labute approximate surface area is 97.0 Å². The molecule has 0 fully saturated rings. The third-order valence-corrected chi connectivity index (χ3v) is 2.87. The Morgan fingerprint density at radius 3 is 2.60 bits per heavy atom. The van der Waals surface area contributed by atoms with Crippen molar-refractivity contribution in [3.63, 3.8) is 0 Å². The van der Waals surface area contributed by atoms with Crippen molar-refractivity contribution in [2.24, 2.45) is 5.73 Å². The minimum Gasteiger partial charge on any atom is -0.372 e. The van der Waals surface area contributed by atoms with Crippen molar-refractivity contribution in [2.75, 3.05) is 18.0 Å². The van der Waals surface area contributed by atoms with Gasteiger partial charge >= 0.3 is 0 Å². The lowest BCUT2D eigenvalue weighted by atomic mass is 10.1. The van der Waals surface area contributed by atoms with Crippen LogP contribution in [0.2, 0.25) is 5.02 Å².